The molecule has 1 atom stereocenters. The van der Waals surface area contributed by atoms with Gasteiger partial charge in [0.2, 0.25) is 5.91 Å². The van der Waals surface area contributed by atoms with Gasteiger partial charge in [-0.1, -0.05) is 12.1 Å². The molecule has 0 aromatic heterocycles. The molecule has 1 unspecified atom stereocenters. The van der Waals surface area contributed by atoms with E-state index in [0.717, 1.165) is 5.56 Å². The topological polar surface area (TPSA) is 55.1 Å². The lowest BCUT2D eigenvalue weighted by Gasteiger charge is -2.14. The first-order chi connectivity index (χ1) is 8.04. The molecule has 5 heteroatoms. The molecule has 0 saturated heterocycles. The summed E-state index contributed by atoms with van der Waals surface area (Å²) in [6.07, 6.45) is 1.08. The first-order valence-electron chi connectivity index (χ1n) is 5.80. The second-order valence-electron chi connectivity index (χ2n) is 4.19. The van der Waals surface area contributed by atoms with Crippen molar-refractivity contribution in [3.8, 4) is 0 Å². The van der Waals surface area contributed by atoms with E-state index in [1.807, 2.05) is 13.0 Å². The molecule has 102 valence electrons. The number of rotatable bonds is 5. The van der Waals surface area contributed by atoms with Gasteiger partial charge in [0, 0.05) is 6.42 Å². The van der Waals surface area contributed by atoms with Crippen molar-refractivity contribution in [3.05, 3.63) is 35.1 Å². The maximum absolute atomic E-state index is 13.4. The monoisotopic (exact) mass is 274 g/mol. The first-order valence-corrected chi connectivity index (χ1v) is 5.80. The van der Waals surface area contributed by atoms with Crippen LogP contribution >= 0.6 is 12.4 Å². The van der Waals surface area contributed by atoms with E-state index in [9.17, 15) is 9.18 Å². The van der Waals surface area contributed by atoms with Crippen LogP contribution in [0.15, 0.2) is 18.2 Å². The number of nitrogens with two attached hydrogens (primary N) is 1. The van der Waals surface area contributed by atoms with Crippen molar-refractivity contribution in [1.29, 1.82) is 0 Å². The highest BCUT2D eigenvalue weighted by Crippen LogP contribution is 2.16. The minimum absolute atomic E-state index is 0. The first kappa shape index (κ1) is 16.9. The van der Waals surface area contributed by atoms with Crippen molar-refractivity contribution in [1.82, 2.24) is 5.32 Å². The van der Waals surface area contributed by atoms with E-state index in [1.54, 1.807) is 13.0 Å². The molecule has 0 heterocycles. The van der Waals surface area contributed by atoms with Gasteiger partial charge in [-0.25, -0.2) is 4.39 Å². The van der Waals surface area contributed by atoms with Gasteiger partial charge in [0.05, 0.1) is 6.04 Å². The molecule has 18 heavy (non-hydrogen) atoms. The number of carbonyl (C=O) groups is 1. The molecule has 0 spiro atoms. The van der Waals surface area contributed by atoms with Gasteiger partial charge in [-0.15, -0.1) is 12.4 Å². The maximum Gasteiger partial charge on any atom is 0.220 e. The molecular weight excluding hydrogens is 255 g/mol. The van der Waals surface area contributed by atoms with Crippen molar-refractivity contribution in [2.75, 3.05) is 6.54 Å². The average molecular weight is 275 g/mol. The van der Waals surface area contributed by atoms with Crippen LogP contribution in [0.25, 0.3) is 0 Å². The van der Waals surface area contributed by atoms with Crippen LogP contribution in [0.5, 0.6) is 0 Å². The van der Waals surface area contributed by atoms with Crippen molar-refractivity contribution >= 4 is 18.3 Å². The van der Waals surface area contributed by atoms with Crippen LogP contribution in [0, 0.1) is 12.7 Å². The molecule has 0 aliphatic rings. The second-order valence-corrected chi connectivity index (χ2v) is 4.19. The molecular formula is C13H20ClFN2O. The fraction of sp³-hybridized carbons (Fsp3) is 0.462. The summed E-state index contributed by atoms with van der Waals surface area (Å²) in [6.45, 7) is 4.05. The number of halogens is 2. The number of benzene rings is 1. The SMILES string of the molecule is Cc1ccc(C(C)NC(=O)CCCN)cc1F.Cl. The fourth-order valence-electron chi connectivity index (χ4n) is 1.54. The summed E-state index contributed by atoms with van der Waals surface area (Å²) in [6, 6.07) is 4.82. The molecule has 0 saturated carbocycles. The van der Waals surface area contributed by atoms with E-state index < -0.39 is 0 Å². The predicted octanol–water partition coefficient (Wildman–Crippen LogP) is 2.47. The second kappa shape index (κ2) is 8.06. The molecule has 1 amide bonds. The summed E-state index contributed by atoms with van der Waals surface area (Å²) < 4.78 is 13.4. The largest absolute Gasteiger partial charge is 0.350 e. The predicted molar refractivity (Wildman–Crippen MR) is 73.2 cm³/mol. The number of carbonyl (C=O) groups excluding carboxylic acids is 1. The smallest absolute Gasteiger partial charge is 0.220 e. The van der Waals surface area contributed by atoms with Crippen LogP contribution in [0.3, 0.4) is 0 Å². The van der Waals surface area contributed by atoms with Crippen LogP contribution in [-0.4, -0.2) is 12.5 Å². The molecule has 3 N–H and O–H groups in total. The lowest BCUT2D eigenvalue weighted by atomic mass is 10.1. The average Bonchev–Trinajstić information content (AvgIpc) is 2.30. The number of amides is 1. The minimum atomic E-state index is -0.245. The highest BCUT2D eigenvalue weighted by Gasteiger charge is 2.10. The molecule has 1 aromatic carbocycles. The fourth-order valence-corrected chi connectivity index (χ4v) is 1.54. The van der Waals surface area contributed by atoms with Crippen LogP contribution in [0.2, 0.25) is 0 Å². The van der Waals surface area contributed by atoms with Crippen LogP contribution in [0.4, 0.5) is 4.39 Å². The molecule has 0 aliphatic carbocycles. The van der Waals surface area contributed by atoms with Gasteiger partial charge in [-0.3, -0.25) is 4.79 Å². The zero-order chi connectivity index (χ0) is 12.8. The summed E-state index contributed by atoms with van der Waals surface area (Å²) in [7, 11) is 0. The van der Waals surface area contributed by atoms with Crippen LogP contribution in [0.1, 0.15) is 36.9 Å². The van der Waals surface area contributed by atoms with Gasteiger partial charge in [0.25, 0.3) is 0 Å². The lowest BCUT2D eigenvalue weighted by molar-refractivity contribution is -0.121. The Morgan fingerprint density at radius 3 is 2.72 bits per heavy atom. The number of nitrogens with one attached hydrogen (secondary N) is 1. The van der Waals surface area contributed by atoms with E-state index in [2.05, 4.69) is 5.32 Å². The summed E-state index contributed by atoms with van der Waals surface area (Å²) in [4.78, 5) is 11.5. The summed E-state index contributed by atoms with van der Waals surface area (Å²) in [5.41, 5.74) is 6.70. The standard InChI is InChI=1S/C13H19FN2O.ClH/c1-9-5-6-11(8-12(9)14)10(2)16-13(17)4-3-7-15;/h5-6,8,10H,3-4,7,15H2,1-2H3,(H,16,17);1H. The zero-order valence-corrected chi connectivity index (χ0v) is 11.5. The summed E-state index contributed by atoms with van der Waals surface area (Å²) in [5.74, 6) is -0.297. The number of aryl methyl sites for hydroxylation is 1. The Kier molecular flexibility index (Phi) is 7.55. The normalized spacial score (nSPS) is 11.6. The molecule has 0 aliphatic heterocycles. The maximum atomic E-state index is 13.4. The lowest BCUT2D eigenvalue weighted by Crippen LogP contribution is -2.27. The molecule has 1 aromatic rings. The van der Waals surface area contributed by atoms with E-state index in [0.29, 0.717) is 24.9 Å². The van der Waals surface area contributed by atoms with E-state index in [-0.39, 0.29) is 30.2 Å². The molecule has 0 bridgehead atoms. The van der Waals surface area contributed by atoms with E-state index in [1.165, 1.54) is 6.07 Å². The van der Waals surface area contributed by atoms with Crippen molar-refractivity contribution in [2.45, 2.75) is 32.7 Å². The third kappa shape index (κ3) is 5.02. The third-order valence-corrected chi connectivity index (χ3v) is 2.68. The Balaban J connectivity index is 0.00000289. The third-order valence-electron chi connectivity index (χ3n) is 2.68. The zero-order valence-electron chi connectivity index (χ0n) is 10.7. The molecule has 0 fully saturated rings. The minimum Gasteiger partial charge on any atom is -0.350 e. The molecule has 0 radical (unpaired) electrons. The van der Waals surface area contributed by atoms with Gasteiger partial charge >= 0.3 is 0 Å². The Morgan fingerprint density at radius 2 is 2.17 bits per heavy atom. The van der Waals surface area contributed by atoms with Gasteiger partial charge in [0.15, 0.2) is 0 Å². The van der Waals surface area contributed by atoms with Gasteiger partial charge in [-0.2, -0.15) is 0 Å². The van der Waals surface area contributed by atoms with Crippen molar-refractivity contribution in [3.63, 3.8) is 0 Å². The van der Waals surface area contributed by atoms with Gasteiger partial charge < -0.3 is 11.1 Å². The number of hydrogen-bond donors (Lipinski definition) is 2. The van der Waals surface area contributed by atoms with Crippen molar-refractivity contribution < 1.29 is 9.18 Å². The quantitative estimate of drug-likeness (QED) is 0.867. The highest BCUT2D eigenvalue weighted by atomic mass is 35.5. The van der Waals surface area contributed by atoms with Crippen molar-refractivity contribution in [2.24, 2.45) is 5.73 Å². The van der Waals surface area contributed by atoms with E-state index >= 15 is 0 Å². The van der Waals surface area contributed by atoms with Crippen LogP contribution in [-0.2, 0) is 4.79 Å². The van der Waals surface area contributed by atoms with Gasteiger partial charge in [-0.05, 0) is 44.0 Å². The summed E-state index contributed by atoms with van der Waals surface area (Å²) in [5, 5.41) is 2.82. The Bertz CT molecular complexity index is 399. The number of hydrogen-bond acceptors (Lipinski definition) is 2. The molecule has 3 nitrogen and oxygen atoms in total. The van der Waals surface area contributed by atoms with Crippen LogP contribution < -0.4 is 11.1 Å². The Hall–Kier alpha value is -1.13. The van der Waals surface area contributed by atoms with E-state index in [4.69, 9.17) is 5.73 Å². The summed E-state index contributed by atoms with van der Waals surface area (Å²) >= 11 is 0. The Labute approximate surface area is 113 Å². The van der Waals surface area contributed by atoms with Gasteiger partial charge in [0.1, 0.15) is 5.82 Å². The Morgan fingerprint density at radius 1 is 1.50 bits per heavy atom. The highest BCUT2D eigenvalue weighted by molar-refractivity contribution is 5.85. The molecule has 1 rings (SSSR count).